The minimum atomic E-state index is 0.237. The monoisotopic (exact) mass is 243 g/mol. The minimum Gasteiger partial charge on any atom is -0.395 e. The molecule has 0 fully saturated rings. The van der Waals surface area contributed by atoms with Gasteiger partial charge in [-0.05, 0) is 12.3 Å². The van der Waals surface area contributed by atoms with Crippen LogP contribution in [0.3, 0.4) is 0 Å². The molecular formula is C6H14INO. The molecule has 0 radical (unpaired) electrons. The lowest BCUT2D eigenvalue weighted by molar-refractivity contribution is 0.245. The van der Waals surface area contributed by atoms with E-state index in [1.54, 1.807) is 0 Å². The van der Waals surface area contributed by atoms with Crippen molar-refractivity contribution in [3.05, 3.63) is 0 Å². The predicted molar refractivity (Wildman–Crippen MR) is 47.5 cm³/mol. The number of nitrogens with one attached hydrogen (secondary N) is 1. The van der Waals surface area contributed by atoms with Gasteiger partial charge < -0.3 is 5.11 Å². The Bertz CT molecular complexity index is 64.1. The van der Waals surface area contributed by atoms with E-state index in [0.29, 0.717) is 5.92 Å². The van der Waals surface area contributed by atoms with Crippen LogP contribution in [0.5, 0.6) is 0 Å². The van der Waals surface area contributed by atoms with Crippen LogP contribution >= 0.6 is 22.9 Å². The Balaban J connectivity index is 3.31. The summed E-state index contributed by atoms with van der Waals surface area (Å²) in [5, 5.41) is 8.71. The van der Waals surface area contributed by atoms with Crippen molar-refractivity contribution in [3.8, 4) is 0 Å². The fraction of sp³-hybridized carbons (Fsp3) is 1.00. The van der Waals surface area contributed by atoms with Gasteiger partial charge in [0.15, 0.2) is 0 Å². The fourth-order valence-corrected chi connectivity index (χ4v) is 1.17. The molecular weight excluding hydrogens is 229 g/mol. The highest BCUT2D eigenvalue weighted by atomic mass is 127. The predicted octanol–water partition coefficient (Wildman–Crippen LogP) is 1.33. The lowest BCUT2D eigenvalue weighted by Gasteiger charge is -2.13. The lowest BCUT2D eigenvalue weighted by Crippen LogP contribution is -2.26. The molecule has 0 aliphatic heterocycles. The highest BCUT2D eigenvalue weighted by Crippen LogP contribution is 2.04. The number of halogens is 1. The third-order valence-electron chi connectivity index (χ3n) is 1.13. The first-order valence-electron chi connectivity index (χ1n) is 3.17. The van der Waals surface area contributed by atoms with Crippen molar-refractivity contribution < 1.29 is 5.11 Å². The number of hydrogen-bond donors (Lipinski definition) is 2. The maximum absolute atomic E-state index is 8.71. The van der Waals surface area contributed by atoms with E-state index in [9.17, 15) is 0 Å². The van der Waals surface area contributed by atoms with Crippen LogP contribution in [0.2, 0.25) is 0 Å². The smallest absolute Gasteiger partial charge is 0.0592 e. The number of aliphatic hydroxyl groups is 1. The zero-order valence-electron chi connectivity index (χ0n) is 5.89. The first kappa shape index (κ1) is 9.65. The van der Waals surface area contributed by atoms with E-state index < -0.39 is 0 Å². The van der Waals surface area contributed by atoms with Gasteiger partial charge in [-0.2, -0.15) is 0 Å². The fourth-order valence-electron chi connectivity index (χ4n) is 0.723. The van der Waals surface area contributed by atoms with Crippen molar-refractivity contribution in [2.75, 3.05) is 6.61 Å². The first-order valence-corrected chi connectivity index (χ1v) is 4.25. The molecule has 3 heteroatoms. The zero-order chi connectivity index (χ0) is 7.28. The van der Waals surface area contributed by atoms with E-state index in [-0.39, 0.29) is 12.6 Å². The standard InChI is InChI=1S/C6H14INO/c1-5(2)3-6(4-9)8-7/h5-6,8-9H,3-4H2,1-2H3. The van der Waals surface area contributed by atoms with Gasteiger partial charge in [0.05, 0.1) is 6.61 Å². The quantitative estimate of drug-likeness (QED) is 0.576. The number of rotatable bonds is 4. The van der Waals surface area contributed by atoms with Crippen LogP contribution in [-0.2, 0) is 0 Å². The summed E-state index contributed by atoms with van der Waals surface area (Å²) in [4.78, 5) is 0. The number of aliphatic hydroxyl groups excluding tert-OH is 1. The van der Waals surface area contributed by atoms with Gasteiger partial charge in [-0.25, -0.2) is 0 Å². The molecule has 0 aliphatic rings. The molecule has 2 nitrogen and oxygen atoms in total. The minimum absolute atomic E-state index is 0.237. The van der Waals surface area contributed by atoms with Gasteiger partial charge >= 0.3 is 0 Å². The third kappa shape index (κ3) is 5.11. The highest BCUT2D eigenvalue weighted by Gasteiger charge is 2.05. The Morgan fingerprint density at radius 1 is 1.56 bits per heavy atom. The SMILES string of the molecule is CC(C)CC(CO)NI. The molecule has 0 spiro atoms. The molecule has 9 heavy (non-hydrogen) atoms. The highest BCUT2D eigenvalue weighted by molar-refractivity contribution is 14.1. The normalized spacial score (nSPS) is 14.3. The summed E-state index contributed by atoms with van der Waals surface area (Å²) >= 11 is 2.07. The second-order valence-corrected chi connectivity index (χ2v) is 3.24. The Morgan fingerprint density at radius 3 is 2.22 bits per heavy atom. The van der Waals surface area contributed by atoms with Crippen LogP contribution in [0.1, 0.15) is 20.3 Å². The van der Waals surface area contributed by atoms with Gasteiger partial charge in [0.25, 0.3) is 0 Å². The first-order chi connectivity index (χ1) is 4.20. The van der Waals surface area contributed by atoms with Crippen LogP contribution in [0.25, 0.3) is 0 Å². The van der Waals surface area contributed by atoms with Gasteiger partial charge in [0.1, 0.15) is 0 Å². The molecule has 1 atom stereocenters. The van der Waals surface area contributed by atoms with Crippen LogP contribution in [0.15, 0.2) is 0 Å². The van der Waals surface area contributed by atoms with E-state index in [0.717, 1.165) is 6.42 Å². The Hall–Kier alpha value is 0.650. The molecule has 0 amide bonds. The maximum Gasteiger partial charge on any atom is 0.0592 e. The van der Waals surface area contributed by atoms with Crippen LogP contribution in [-0.4, -0.2) is 17.8 Å². The van der Waals surface area contributed by atoms with Crippen molar-refractivity contribution >= 4 is 22.9 Å². The third-order valence-corrected chi connectivity index (χ3v) is 2.01. The van der Waals surface area contributed by atoms with Crippen molar-refractivity contribution in [2.45, 2.75) is 26.3 Å². The molecule has 2 N–H and O–H groups in total. The summed E-state index contributed by atoms with van der Waals surface area (Å²) in [7, 11) is 0. The molecule has 0 rings (SSSR count). The van der Waals surface area contributed by atoms with E-state index in [1.165, 1.54) is 0 Å². The Kier molecular flexibility index (Phi) is 5.83. The van der Waals surface area contributed by atoms with Crippen molar-refractivity contribution in [2.24, 2.45) is 5.92 Å². The summed E-state index contributed by atoms with van der Waals surface area (Å²) in [6, 6.07) is 0.269. The van der Waals surface area contributed by atoms with E-state index in [4.69, 9.17) is 5.11 Å². The molecule has 1 unspecified atom stereocenters. The van der Waals surface area contributed by atoms with Crippen molar-refractivity contribution in [1.82, 2.24) is 3.53 Å². The van der Waals surface area contributed by atoms with Crippen LogP contribution in [0.4, 0.5) is 0 Å². The van der Waals surface area contributed by atoms with Gasteiger partial charge in [-0.15, -0.1) is 0 Å². The molecule has 0 aromatic rings. The Labute approximate surface area is 70.5 Å². The van der Waals surface area contributed by atoms with Crippen molar-refractivity contribution in [1.29, 1.82) is 0 Å². The molecule has 0 aliphatic carbocycles. The maximum atomic E-state index is 8.71. The summed E-state index contributed by atoms with van der Waals surface area (Å²) in [5.41, 5.74) is 0. The second-order valence-electron chi connectivity index (χ2n) is 2.62. The largest absolute Gasteiger partial charge is 0.395 e. The van der Waals surface area contributed by atoms with Crippen LogP contribution < -0.4 is 3.53 Å². The number of hydrogen-bond acceptors (Lipinski definition) is 2. The lowest BCUT2D eigenvalue weighted by atomic mass is 10.1. The van der Waals surface area contributed by atoms with E-state index >= 15 is 0 Å². The van der Waals surface area contributed by atoms with Gasteiger partial charge in [-0.1, -0.05) is 13.8 Å². The van der Waals surface area contributed by atoms with E-state index in [1.807, 2.05) is 0 Å². The molecule has 0 heterocycles. The molecule has 0 aromatic heterocycles. The topological polar surface area (TPSA) is 32.3 Å². The van der Waals surface area contributed by atoms with Crippen LogP contribution in [0, 0.1) is 5.92 Å². The molecule has 0 saturated carbocycles. The average molecular weight is 243 g/mol. The molecule has 56 valence electrons. The van der Waals surface area contributed by atoms with E-state index in [2.05, 4.69) is 40.2 Å². The van der Waals surface area contributed by atoms with Crippen molar-refractivity contribution in [3.63, 3.8) is 0 Å². The molecule has 0 aromatic carbocycles. The molecule has 0 saturated heterocycles. The molecule has 0 bridgehead atoms. The second kappa shape index (κ2) is 5.44. The average Bonchev–Trinajstić information content (AvgIpc) is 1.82. The zero-order valence-corrected chi connectivity index (χ0v) is 8.05. The summed E-state index contributed by atoms with van der Waals surface area (Å²) in [5.74, 6) is 0.657. The van der Waals surface area contributed by atoms with Gasteiger partial charge in [0, 0.05) is 28.9 Å². The summed E-state index contributed by atoms with van der Waals surface area (Å²) in [6.45, 7) is 4.54. The van der Waals surface area contributed by atoms with Gasteiger partial charge in [-0.3, -0.25) is 3.53 Å². The summed E-state index contributed by atoms with van der Waals surface area (Å²) < 4.78 is 3.00. The van der Waals surface area contributed by atoms with Gasteiger partial charge in [0.2, 0.25) is 0 Å². The summed E-state index contributed by atoms with van der Waals surface area (Å²) in [6.07, 6.45) is 1.04. The Morgan fingerprint density at radius 2 is 2.11 bits per heavy atom.